The van der Waals surface area contributed by atoms with Gasteiger partial charge in [0, 0.05) is 31.7 Å². The molecule has 2 fully saturated rings. The van der Waals surface area contributed by atoms with Gasteiger partial charge < -0.3 is 14.8 Å². The van der Waals surface area contributed by atoms with Crippen molar-refractivity contribution >= 4 is 26.0 Å². The van der Waals surface area contributed by atoms with Gasteiger partial charge in [-0.1, -0.05) is 18.6 Å². The van der Waals surface area contributed by atoms with E-state index >= 15 is 0 Å². The molecule has 202 valence electrons. The summed E-state index contributed by atoms with van der Waals surface area (Å²) in [7, 11) is -6.91. The minimum Gasteiger partial charge on any atom is -0.492 e. The molecule has 0 aromatic heterocycles. The van der Waals surface area contributed by atoms with Crippen LogP contribution in [-0.2, 0) is 30.5 Å². The number of sulfonamides is 2. The first kappa shape index (κ1) is 27.5. The van der Waals surface area contributed by atoms with Gasteiger partial charge in [-0.25, -0.2) is 16.8 Å². The molecule has 10 nitrogen and oxygen atoms in total. The van der Waals surface area contributed by atoms with Crippen molar-refractivity contribution in [1.82, 2.24) is 13.9 Å². The molecule has 2 aromatic rings. The van der Waals surface area contributed by atoms with Gasteiger partial charge in [-0.05, 0) is 54.8 Å². The highest BCUT2D eigenvalue weighted by atomic mass is 32.2. The molecule has 2 heterocycles. The molecule has 0 radical (unpaired) electrons. The number of hydrogen-bond acceptors (Lipinski definition) is 7. The molecule has 37 heavy (non-hydrogen) atoms. The van der Waals surface area contributed by atoms with Crippen LogP contribution < -0.4 is 10.1 Å². The first-order valence-electron chi connectivity index (χ1n) is 12.4. The highest BCUT2D eigenvalue weighted by molar-refractivity contribution is 7.89. The standard InChI is InChI=1S/C25H33N3O7S2/c29-25(22-6-4-21(5-7-22)20-36(30,31)27-15-18-34-19-16-27)26-12-17-35-23-8-10-24(11-9-23)37(32,33)28-13-2-1-3-14-28/h4-11H,1-3,12-20H2,(H,26,29). The quantitative estimate of drug-likeness (QED) is 0.447. The van der Waals surface area contributed by atoms with E-state index in [1.165, 1.54) is 8.61 Å². The van der Waals surface area contributed by atoms with Gasteiger partial charge in [0.2, 0.25) is 20.0 Å². The van der Waals surface area contributed by atoms with Crippen LogP contribution in [0, 0.1) is 0 Å². The molecule has 0 saturated carbocycles. The van der Waals surface area contributed by atoms with Gasteiger partial charge in [0.05, 0.1) is 30.4 Å². The molecule has 2 aliphatic rings. The van der Waals surface area contributed by atoms with E-state index in [2.05, 4.69) is 5.32 Å². The van der Waals surface area contributed by atoms with E-state index in [0.29, 0.717) is 56.3 Å². The van der Waals surface area contributed by atoms with Crippen LogP contribution in [0.4, 0.5) is 0 Å². The topological polar surface area (TPSA) is 122 Å². The summed E-state index contributed by atoms with van der Waals surface area (Å²) in [5, 5.41) is 2.76. The third kappa shape index (κ3) is 7.29. The summed E-state index contributed by atoms with van der Waals surface area (Å²) in [5.74, 6) is 0.0905. The Morgan fingerprint density at radius 2 is 1.49 bits per heavy atom. The Balaban J connectivity index is 1.22. The van der Waals surface area contributed by atoms with Gasteiger partial charge in [0.15, 0.2) is 0 Å². The van der Waals surface area contributed by atoms with E-state index in [0.717, 1.165) is 19.3 Å². The molecule has 2 aliphatic heterocycles. The number of piperidine rings is 1. The van der Waals surface area contributed by atoms with Crippen LogP contribution in [0.2, 0.25) is 0 Å². The Kier molecular flexibility index (Phi) is 9.19. The Morgan fingerprint density at radius 3 is 2.14 bits per heavy atom. The lowest BCUT2D eigenvalue weighted by molar-refractivity contribution is 0.0729. The summed E-state index contributed by atoms with van der Waals surface area (Å²) in [6.45, 7) is 3.06. The van der Waals surface area contributed by atoms with Crippen molar-refractivity contribution in [3.63, 3.8) is 0 Å². The van der Waals surface area contributed by atoms with Crippen LogP contribution in [0.25, 0.3) is 0 Å². The molecule has 0 unspecified atom stereocenters. The fourth-order valence-corrected chi connectivity index (χ4v) is 7.30. The van der Waals surface area contributed by atoms with Crippen LogP contribution in [0.15, 0.2) is 53.4 Å². The van der Waals surface area contributed by atoms with Crippen LogP contribution in [-0.4, -0.2) is 83.9 Å². The zero-order valence-electron chi connectivity index (χ0n) is 20.7. The predicted octanol–water partition coefficient (Wildman–Crippen LogP) is 1.83. The van der Waals surface area contributed by atoms with Gasteiger partial charge in [-0.3, -0.25) is 4.79 Å². The number of benzene rings is 2. The van der Waals surface area contributed by atoms with Crippen LogP contribution in [0.1, 0.15) is 35.2 Å². The number of nitrogens with zero attached hydrogens (tertiary/aromatic N) is 2. The molecular weight excluding hydrogens is 518 g/mol. The minimum absolute atomic E-state index is 0.124. The molecule has 0 atom stereocenters. The first-order valence-corrected chi connectivity index (χ1v) is 15.5. The molecule has 2 saturated heterocycles. The van der Waals surface area contributed by atoms with Gasteiger partial charge in [-0.15, -0.1) is 0 Å². The third-order valence-corrected chi connectivity index (χ3v) is 10.1. The maximum atomic E-state index is 12.7. The molecule has 1 N–H and O–H groups in total. The minimum atomic E-state index is -3.49. The van der Waals surface area contributed by atoms with E-state index in [1.54, 1.807) is 48.5 Å². The lowest BCUT2D eigenvalue weighted by Gasteiger charge is -2.26. The smallest absolute Gasteiger partial charge is 0.251 e. The lowest BCUT2D eigenvalue weighted by atomic mass is 10.1. The Bertz CT molecular complexity index is 1250. The van der Waals surface area contributed by atoms with Gasteiger partial charge in [0.25, 0.3) is 5.91 Å². The second kappa shape index (κ2) is 12.4. The van der Waals surface area contributed by atoms with Crippen LogP contribution in [0.5, 0.6) is 5.75 Å². The fraction of sp³-hybridized carbons (Fsp3) is 0.480. The van der Waals surface area contributed by atoms with Crippen LogP contribution in [0.3, 0.4) is 0 Å². The first-order chi connectivity index (χ1) is 17.8. The SMILES string of the molecule is O=C(NCCOc1ccc(S(=O)(=O)N2CCCCC2)cc1)c1ccc(CS(=O)(=O)N2CCOCC2)cc1. The van der Waals surface area contributed by atoms with Gasteiger partial charge in [0.1, 0.15) is 12.4 Å². The summed E-state index contributed by atoms with van der Waals surface area (Å²) in [5.41, 5.74) is 1.02. The number of hydrogen-bond donors (Lipinski definition) is 1. The summed E-state index contributed by atoms with van der Waals surface area (Å²) < 4.78 is 64.4. The van der Waals surface area contributed by atoms with E-state index in [4.69, 9.17) is 9.47 Å². The molecule has 1 amide bonds. The number of nitrogens with one attached hydrogen (secondary N) is 1. The van der Waals surface area contributed by atoms with Gasteiger partial charge >= 0.3 is 0 Å². The second-order valence-corrected chi connectivity index (χ2v) is 12.9. The molecule has 12 heteroatoms. The summed E-state index contributed by atoms with van der Waals surface area (Å²) in [6.07, 6.45) is 2.82. The monoisotopic (exact) mass is 551 g/mol. The normalized spacial score (nSPS) is 17.8. The van der Waals surface area contributed by atoms with E-state index in [9.17, 15) is 21.6 Å². The average Bonchev–Trinajstić information content (AvgIpc) is 2.92. The Labute approximate surface area is 218 Å². The van der Waals surface area contributed by atoms with Crippen LogP contribution >= 0.6 is 0 Å². The molecule has 0 spiro atoms. The largest absolute Gasteiger partial charge is 0.492 e. The average molecular weight is 552 g/mol. The number of amides is 1. The Hall–Kier alpha value is -2.51. The third-order valence-electron chi connectivity index (χ3n) is 6.36. The maximum Gasteiger partial charge on any atom is 0.251 e. The van der Waals surface area contributed by atoms with Gasteiger partial charge in [-0.2, -0.15) is 8.61 Å². The number of carbonyl (C=O) groups is 1. The van der Waals surface area contributed by atoms with Crippen molar-refractivity contribution < 1.29 is 31.1 Å². The summed E-state index contributed by atoms with van der Waals surface area (Å²) in [6, 6.07) is 12.8. The highest BCUT2D eigenvalue weighted by Crippen LogP contribution is 2.22. The maximum absolute atomic E-state index is 12.7. The van der Waals surface area contributed by atoms with Crippen molar-refractivity contribution in [3.05, 3.63) is 59.7 Å². The van der Waals surface area contributed by atoms with Crippen molar-refractivity contribution in [2.24, 2.45) is 0 Å². The Morgan fingerprint density at radius 1 is 0.838 bits per heavy atom. The number of ether oxygens (including phenoxy) is 2. The highest BCUT2D eigenvalue weighted by Gasteiger charge is 2.26. The zero-order valence-corrected chi connectivity index (χ0v) is 22.3. The number of morpholine rings is 1. The van der Waals surface area contributed by atoms with Crippen molar-refractivity contribution in [1.29, 1.82) is 0 Å². The number of carbonyl (C=O) groups excluding carboxylic acids is 1. The van der Waals surface area contributed by atoms with E-state index in [1.807, 2.05) is 0 Å². The predicted molar refractivity (Wildman–Crippen MR) is 138 cm³/mol. The molecular formula is C25H33N3O7S2. The van der Waals surface area contributed by atoms with E-state index < -0.39 is 20.0 Å². The summed E-state index contributed by atoms with van der Waals surface area (Å²) >= 11 is 0. The number of rotatable bonds is 10. The van der Waals surface area contributed by atoms with Crippen molar-refractivity contribution in [2.45, 2.75) is 29.9 Å². The van der Waals surface area contributed by atoms with E-state index in [-0.39, 0.29) is 29.7 Å². The van der Waals surface area contributed by atoms with Crippen molar-refractivity contribution in [2.75, 3.05) is 52.5 Å². The molecule has 0 bridgehead atoms. The molecule has 4 rings (SSSR count). The van der Waals surface area contributed by atoms with Crippen molar-refractivity contribution in [3.8, 4) is 5.75 Å². The lowest BCUT2D eigenvalue weighted by Crippen LogP contribution is -2.41. The zero-order chi connectivity index (χ0) is 26.3. The second-order valence-electron chi connectivity index (χ2n) is 9.01. The molecule has 2 aromatic carbocycles. The molecule has 0 aliphatic carbocycles. The fourth-order valence-electron chi connectivity index (χ4n) is 4.28. The summed E-state index contributed by atoms with van der Waals surface area (Å²) in [4.78, 5) is 12.7.